The van der Waals surface area contributed by atoms with Crippen LogP contribution in [0.5, 0.6) is 0 Å². The van der Waals surface area contributed by atoms with Gasteiger partial charge in [-0.15, -0.1) is 10.2 Å². The van der Waals surface area contributed by atoms with E-state index in [4.69, 9.17) is 0 Å². The SMILES string of the molecule is CCC(c1nnc(SCC(=O)Nc2cccc(C(C)=O)c2)n1Cc1ccccc1)N(C)C. The smallest absolute Gasteiger partial charge is 0.234 e. The van der Waals surface area contributed by atoms with E-state index in [-0.39, 0.29) is 23.5 Å². The van der Waals surface area contributed by atoms with Crippen LogP contribution in [-0.2, 0) is 11.3 Å². The highest BCUT2D eigenvalue weighted by Gasteiger charge is 2.22. The first-order valence-corrected chi connectivity index (χ1v) is 11.5. The number of aromatic nitrogens is 3. The first-order chi connectivity index (χ1) is 15.4. The predicted molar refractivity (Wildman–Crippen MR) is 128 cm³/mol. The van der Waals surface area contributed by atoms with E-state index in [1.807, 2.05) is 32.3 Å². The Bertz CT molecular complexity index is 1070. The monoisotopic (exact) mass is 451 g/mol. The fourth-order valence-corrected chi connectivity index (χ4v) is 4.23. The maximum atomic E-state index is 12.6. The lowest BCUT2D eigenvalue weighted by molar-refractivity contribution is -0.113. The van der Waals surface area contributed by atoms with Gasteiger partial charge in [0, 0.05) is 11.3 Å². The van der Waals surface area contributed by atoms with Crippen LogP contribution < -0.4 is 5.32 Å². The summed E-state index contributed by atoms with van der Waals surface area (Å²) in [6, 6.07) is 17.2. The van der Waals surface area contributed by atoms with Gasteiger partial charge in [-0.05, 0) is 45.1 Å². The number of Topliss-reactive ketones (excluding diaryl/α,β-unsaturated/α-hetero) is 1. The number of anilines is 1. The Morgan fingerprint density at radius 2 is 1.84 bits per heavy atom. The van der Waals surface area contributed by atoms with Crippen molar-refractivity contribution in [2.24, 2.45) is 0 Å². The van der Waals surface area contributed by atoms with Gasteiger partial charge in [0.2, 0.25) is 5.91 Å². The average molecular weight is 452 g/mol. The summed E-state index contributed by atoms with van der Waals surface area (Å²) in [4.78, 5) is 26.3. The number of carbonyl (C=O) groups excluding carboxylic acids is 2. The number of amides is 1. The van der Waals surface area contributed by atoms with E-state index >= 15 is 0 Å². The van der Waals surface area contributed by atoms with Crippen LogP contribution in [0, 0.1) is 0 Å². The first-order valence-electron chi connectivity index (χ1n) is 10.6. The number of carbonyl (C=O) groups is 2. The maximum absolute atomic E-state index is 12.6. The highest BCUT2D eigenvalue weighted by Crippen LogP contribution is 2.26. The normalized spacial score (nSPS) is 12.0. The molecule has 0 spiro atoms. The number of rotatable bonds is 10. The maximum Gasteiger partial charge on any atom is 0.234 e. The molecular formula is C24H29N5O2S. The number of nitrogens with zero attached hydrogens (tertiary/aromatic N) is 4. The summed E-state index contributed by atoms with van der Waals surface area (Å²) in [5.74, 6) is 0.878. The third kappa shape index (κ3) is 6.05. The summed E-state index contributed by atoms with van der Waals surface area (Å²) in [5, 5.41) is 12.4. The Hall–Kier alpha value is -2.97. The Morgan fingerprint density at radius 3 is 2.50 bits per heavy atom. The molecule has 1 unspecified atom stereocenters. The van der Waals surface area contributed by atoms with Gasteiger partial charge in [-0.2, -0.15) is 0 Å². The molecule has 1 atom stereocenters. The Morgan fingerprint density at radius 1 is 1.09 bits per heavy atom. The molecule has 1 heterocycles. The standard InChI is InChI=1S/C24H29N5O2S/c1-5-21(28(3)4)23-26-27-24(29(23)15-18-10-7-6-8-11-18)32-16-22(31)25-20-13-9-12-19(14-20)17(2)30/h6-14,21H,5,15-16H2,1-4H3,(H,25,31). The Balaban J connectivity index is 1.76. The third-order valence-corrected chi connectivity index (χ3v) is 6.09. The molecule has 0 aliphatic rings. The molecule has 2 aromatic carbocycles. The largest absolute Gasteiger partial charge is 0.325 e. The van der Waals surface area contributed by atoms with E-state index in [0.717, 1.165) is 17.8 Å². The van der Waals surface area contributed by atoms with E-state index in [0.29, 0.717) is 23.0 Å². The number of ketones is 1. The summed E-state index contributed by atoms with van der Waals surface area (Å²) in [6.07, 6.45) is 0.900. The van der Waals surface area contributed by atoms with Crippen molar-refractivity contribution in [2.45, 2.75) is 38.0 Å². The van der Waals surface area contributed by atoms with Gasteiger partial charge in [0.15, 0.2) is 16.8 Å². The molecular weight excluding hydrogens is 422 g/mol. The molecule has 0 fully saturated rings. The summed E-state index contributed by atoms with van der Waals surface area (Å²) in [6.45, 7) is 4.27. The van der Waals surface area contributed by atoms with Crippen molar-refractivity contribution in [3.8, 4) is 0 Å². The fraction of sp³-hybridized carbons (Fsp3) is 0.333. The topological polar surface area (TPSA) is 80.1 Å². The molecule has 1 N–H and O–H groups in total. The van der Waals surface area contributed by atoms with E-state index < -0.39 is 0 Å². The molecule has 0 saturated carbocycles. The lowest BCUT2D eigenvalue weighted by Crippen LogP contribution is -2.23. The number of nitrogens with one attached hydrogen (secondary N) is 1. The average Bonchev–Trinajstić information content (AvgIpc) is 3.15. The van der Waals surface area contributed by atoms with Crippen molar-refractivity contribution in [3.63, 3.8) is 0 Å². The summed E-state index contributed by atoms with van der Waals surface area (Å²) < 4.78 is 2.10. The van der Waals surface area contributed by atoms with Crippen LogP contribution in [0.25, 0.3) is 0 Å². The molecule has 1 aromatic heterocycles. The highest BCUT2D eigenvalue weighted by atomic mass is 32.2. The molecule has 8 heteroatoms. The molecule has 168 valence electrons. The second-order valence-corrected chi connectivity index (χ2v) is 8.72. The van der Waals surface area contributed by atoms with Gasteiger partial charge >= 0.3 is 0 Å². The molecule has 0 bridgehead atoms. The van der Waals surface area contributed by atoms with Gasteiger partial charge in [0.05, 0.1) is 18.3 Å². The Kier molecular flexibility index (Phi) is 8.19. The van der Waals surface area contributed by atoms with Crippen molar-refractivity contribution < 1.29 is 9.59 Å². The van der Waals surface area contributed by atoms with Gasteiger partial charge in [0.1, 0.15) is 0 Å². The number of hydrogen-bond acceptors (Lipinski definition) is 6. The molecule has 0 saturated heterocycles. The fourth-order valence-electron chi connectivity index (χ4n) is 3.49. The van der Waals surface area contributed by atoms with Gasteiger partial charge < -0.3 is 9.88 Å². The van der Waals surface area contributed by atoms with Crippen molar-refractivity contribution in [1.82, 2.24) is 19.7 Å². The predicted octanol–water partition coefficient (Wildman–Crippen LogP) is 4.27. The quantitative estimate of drug-likeness (QED) is 0.366. The minimum Gasteiger partial charge on any atom is -0.325 e. The van der Waals surface area contributed by atoms with E-state index in [2.05, 4.69) is 44.0 Å². The van der Waals surface area contributed by atoms with Crippen LogP contribution in [0.3, 0.4) is 0 Å². The molecule has 0 radical (unpaired) electrons. The summed E-state index contributed by atoms with van der Waals surface area (Å²) in [7, 11) is 4.07. The van der Waals surface area contributed by atoms with Gasteiger partial charge in [-0.25, -0.2) is 0 Å². The van der Waals surface area contributed by atoms with Crippen LogP contribution in [0.4, 0.5) is 5.69 Å². The molecule has 7 nitrogen and oxygen atoms in total. The molecule has 1 amide bonds. The van der Waals surface area contributed by atoms with Crippen molar-refractivity contribution in [3.05, 3.63) is 71.5 Å². The first kappa shape index (κ1) is 23.7. The lowest BCUT2D eigenvalue weighted by Gasteiger charge is -2.23. The van der Waals surface area contributed by atoms with Gasteiger partial charge in [-0.3, -0.25) is 14.5 Å². The van der Waals surface area contributed by atoms with Crippen LogP contribution in [-0.4, -0.2) is 51.2 Å². The zero-order valence-corrected chi connectivity index (χ0v) is 19.7. The summed E-state index contributed by atoms with van der Waals surface area (Å²) in [5.41, 5.74) is 2.32. The number of hydrogen-bond donors (Lipinski definition) is 1. The van der Waals surface area contributed by atoms with E-state index in [1.165, 1.54) is 18.7 Å². The number of benzene rings is 2. The molecule has 0 aliphatic heterocycles. The van der Waals surface area contributed by atoms with Crippen LogP contribution >= 0.6 is 11.8 Å². The molecule has 0 aliphatic carbocycles. The minimum absolute atomic E-state index is 0.0385. The zero-order chi connectivity index (χ0) is 23.1. The van der Waals surface area contributed by atoms with Gasteiger partial charge in [-0.1, -0.05) is 61.2 Å². The highest BCUT2D eigenvalue weighted by molar-refractivity contribution is 7.99. The van der Waals surface area contributed by atoms with Crippen LogP contribution in [0.1, 0.15) is 48.1 Å². The van der Waals surface area contributed by atoms with Crippen LogP contribution in [0.15, 0.2) is 59.8 Å². The Labute approximate surface area is 193 Å². The lowest BCUT2D eigenvalue weighted by atomic mass is 10.1. The second kappa shape index (κ2) is 11.1. The molecule has 3 aromatic rings. The van der Waals surface area contributed by atoms with Crippen molar-refractivity contribution in [1.29, 1.82) is 0 Å². The molecule has 32 heavy (non-hydrogen) atoms. The molecule has 3 rings (SSSR count). The minimum atomic E-state index is -0.161. The summed E-state index contributed by atoms with van der Waals surface area (Å²) >= 11 is 1.36. The van der Waals surface area contributed by atoms with E-state index in [1.54, 1.807) is 24.3 Å². The van der Waals surface area contributed by atoms with Gasteiger partial charge in [0.25, 0.3) is 0 Å². The second-order valence-electron chi connectivity index (χ2n) is 7.77. The zero-order valence-electron chi connectivity index (χ0n) is 18.9. The van der Waals surface area contributed by atoms with Crippen molar-refractivity contribution in [2.75, 3.05) is 25.2 Å². The van der Waals surface area contributed by atoms with E-state index in [9.17, 15) is 9.59 Å². The van der Waals surface area contributed by atoms with Crippen molar-refractivity contribution >= 4 is 29.1 Å². The van der Waals surface area contributed by atoms with Crippen LogP contribution in [0.2, 0.25) is 0 Å². The third-order valence-electron chi connectivity index (χ3n) is 5.12. The number of thioether (sulfide) groups is 1.